The number of carbonyl (C=O) groups excluding carboxylic acids is 1. The molecule has 5 heteroatoms. The molecule has 0 aromatic carbocycles. The van der Waals surface area contributed by atoms with Gasteiger partial charge in [-0.1, -0.05) is 11.3 Å². The number of nitrogens with zero attached hydrogens (tertiary/aromatic N) is 4. The first kappa shape index (κ1) is 9.51. The molecule has 0 saturated carbocycles. The predicted octanol–water partition coefficient (Wildman–Crippen LogP) is 0.842. The molecule has 0 aliphatic rings. The lowest BCUT2D eigenvalue weighted by Crippen LogP contribution is -2.01. The SMILES string of the molecule is Cc1cncc(Cn2cc(C=O)nn2)c1. The zero-order chi connectivity index (χ0) is 10.7. The summed E-state index contributed by atoms with van der Waals surface area (Å²) in [6.07, 6.45) is 5.85. The van der Waals surface area contributed by atoms with Crippen LogP contribution in [0.15, 0.2) is 24.7 Å². The number of aromatic nitrogens is 4. The minimum absolute atomic E-state index is 0.343. The summed E-state index contributed by atoms with van der Waals surface area (Å²) in [6.45, 7) is 2.56. The summed E-state index contributed by atoms with van der Waals surface area (Å²) in [5.74, 6) is 0. The van der Waals surface area contributed by atoms with Gasteiger partial charge in [0.25, 0.3) is 0 Å². The van der Waals surface area contributed by atoms with Crippen molar-refractivity contribution in [3.05, 3.63) is 41.5 Å². The molecule has 0 radical (unpaired) electrons. The van der Waals surface area contributed by atoms with E-state index in [9.17, 15) is 4.79 Å². The van der Waals surface area contributed by atoms with E-state index in [4.69, 9.17) is 0 Å². The predicted molar refractivity (Wildman–Crippen MR) is 53.5 cm³/mol. The molecule has 0 aliphatic heterocycles. The second kappa shape index (κ2) is 4.00. The minimum Gasteiger partial charge on any atom is -0.296 e. The summed E-state index contributed by atoms with van der Waals surface area (Å²) >= 11 is 0. The van der Waals surface area contributed by atoms with Gasteiger partial charge in [0.15, 0.2) is 6.29 Å². The Labute approximate surface area is 86.8 Å². The first-order valence-corrected chi connectivity index (χ1v) is 4.54. The Kier molecular flexibility index (Phi) is 2.53. The van der Waals surface area contributed by atoms with Gasteiger partial charge in [-0.15, -0.1) is 5.10 Å². The average Bonchev–Trinajstić information content (AvgIpc) is 2.65. The van der Waals surface area contributed by atoms with Gasteiger partial charge in [0.05, 0.1) is 12.7 Å². The summed E-state index contributed by atoms with van der Waals surface area (Å²) in [6, 6.07) is 2.02. The average molecular weight is 202 g/mol. The van der Waals surface area contributed by atoms with Crippen molar-refractivity contribution in [3.8, 4) is 0 Å². The van der Waals surface area contributed by atoms with Gasteiger partial charge in [-0.2, -0.15) is 0 Å². The lowest BCUT2D eigenvalue weighted by atomic mass is 10.2. The Balaban J connectivity index is 2.18. The Hall–Kier alpha value is -2.04. The van der Waals surface area contributed by atoms with Crippen molar-refractivity contribution in [2.75, 3.05) is 0 Å². The summed E-state index contributed by atoms with van der Waals surface area (Å²) in [5.41, 5.74) is 2.48. The maximum absolute atomic E-state index is 10.4. The van der Waals surface area contributed by atoms with Gasteiger partial charge in [0, 0.05) is 12.4 Å². The third-order valence-electron chi connectivity index (χ3n) is 1.95. The van der Waals surface area contributed by atoms with E-state index in [0.717, 1.165) is 11.1 Å². The first-order valence-electron chi connectivity index (χ1n) is 4.54. The zero-order valence-corrected chi connectivity index (χ0v) is 8.29. The molecule has 2 aromatic rings. The van der Waals surface area contributed by atoms with Gasteiger partial charge in [-0.3, -0.25) is 9.78 Å². The van der Waals surface area contributed by atoms with E-state index in [1.165, 1.54) is 0 Å². The molecule has 2 rings (SSSR count). The zero-order valence-electron chi connectivity index (χ0n) is 8.29. The molecule has 0 bridgehead atoms. The van der Waals surface area contributed by atoms with Gasteiger partial charge in [-0.25, -0.2) is 4.68 Å². The first-order chi connectivity index (χ1) is 7.28. The highest BCUT2D eigenvalue weighted by atomic mass is 16.1. The Morgan fingerprint density at radius 3 is 3.00 bits per heavy atom. The van der Waals surface area contributed by atoms with Crippen molar-refractivity contribution in [2.24, 2.45) is 0 Å². The van der Waals surface area contributed by atoms with Crippen LogP contribution in [-0.2, 0) is 6.54 Å². The maximum atomic E-state index is 10.4. The number of aryl methyl sites for hydroxylation is 1. The molecule has 0 atom stereocenters. The van der Waals surface area contributed by atoms with Crippen LogP contribution in [0.3, 0.4) is 0 Å². The number of carbonyl (C=O) groups is 1. The smallest absolute Gasteiger partial charge is 0.171 e. The Bertz CT molecular complexity index is 478. The van der Waals surface area contributed by atoms with Crippen LogP contribution in [-0.4, -0.2) is 26.3 Å². The molecule has 0 saturated heterocycles. The Morgan fingerprint density at radius 1 is 1.47 bits per heavy atom. The van der Waals surface area contributed by atoms with E-state index < -0.39 is 0 Å². The van der Waals surface area contributed by atoms with Gasteiger partial charge in [0.1, 0.15) is 5.69 Å². The highest BCUT2D eigenvalue weighted by Gasteiger charge is 2.00. The van der Waals surface area contributed by atoms with E-state index in [-0.39, 0.29) is 0 Å². The van der Waals surface area contributed by atoms with E-state index in [1.807, 2.05) is 13.0 Å². The molecule has 0 N–H and O–H groups in total. The monoisotopic (exact) mass is 202 g/mol. The van der Waals surface area contributed by atoms with Crippen LogP contribution in [0.4, 0.5) is 0 Å². The second-order valence-corrected chi connectivity index (χ2v) is 3.33. The molecule has 2 heterocycles. The fourth-order valence-corrected chi connectivity index (χ4v) is 1.34. The van der Waals surface area contributed by atoms with Crippen LogP contribution >= 0.6 is 0 Å². The minimum atomic E-state index is 0.343. The summed E-state index contributed by atoms with van der Waals surface area (Å²) in [4.78, 5) is 14.5. The van der Waals surface area contributed by atoms with Crippen LogP contribution in [0.2, 0.25) is 0 Å². The largest absolute Gasteiger partial charge is 0.296 e. The topological polar surface area (TPSA) is 60.7 Å². The lowest BCUT2D eigenvalue weighted by molar-refractivity contribution is 0.111. The normalized spacial score (nSPS) is 10.2. The van der Waals surface area contributed by atoms with Gasteiger partial charge >= 0.3 is 0 Å². The standard InChI is InChI=1S/C10H10N4O/c1-8-2-9(4-11-3-8)5-14-6-10(7-15)12-13-14/h2-4,6-7H,5H2,1H3. The quantitative estimate of drug-likeness (QED) is 0.692. The summed E-state index contributed by atoms with van der Waals surface area (Å²) in [5, 5.41) is 7.50. The van der Waals surface area contributed by atoms with Gasteiger partial charge in [-0.05, 0) is 18.1 Å². The second-order valence-electron chi connectivity index (χ2n) is 3.33. The van der Waals surface area contributed by atoms with E-state index in [2.05, 4.69) is 15.3 Å². The Morgan fingerprint density at radius 2 is 2.33 bits per heavy atom. The summed E-state index contributed by atoms with van der Waals surface area (Å²) in [7, 11) is 0. The van der Waals surface area contributed by atoms with Crippen molar-refractivity contribution < 1.29 is 4.79 Å². The van der Waals surface area contributed by atoms with Crippen molar-refractivity contribution >= 4 is 6.29 Å². The van der Waals surface area contributed by atoms with Gasteiger partial charge in [0.2, 0.25) is 0 Å². The van der Waals surface area contributed by atoms with E-state index in [0.29, 0.717) is 18.5 Å². The van der Waals surface area contributed by atoms with Gasteiger partial charge < -0.3 is 0 Å². The molecule has 0 aliphatic carbocycles. The molecule has 0 amide bonds. The van der Waals surface area contributed by atoms with Crippen LogP contribution in [0.5, 0.6) is 0 Å². The molecule has 0 fully saturated rings. The number of rotatable bonds is 3. The molecule has 5 nitrogen and oxygen atoms in total. The van der Waals surface area contributed by atoms with E-state index >= 15 is 0 Å². The molecule has 76 valence electrons. The number of hydrogen-bond donors (Lipinski definition) is 0. The van der Waals surface area contributed by atoms with E-state index in [1.54, 1.807) is 23.3 Å². The lowest BCUT2D eigenvalue weighted by Gasteiger charge is -2.00. The van der Waals surface area contributed by atoms with Crippen LogP contribution in [0.1, 0.15) is 21.6 Å². The van der Waals surface area contributed by atoms with Crippen molar-refractivity contribution in [3.63, 3.8) is 0 Å². The molecule has 2 aromatic heterocycles. The molecule has 0 unspecified atom stereocenters. The molecule has 0 spiro atoms. The molecule has 15 heavy (non-hydrogen) atoms. The van der Waals surface area contributed by atoms with Crippen LogP contribution in [0, 0.1) is 6.92 Å². The van der Waals surface area contributed by atoms with Crippen molar-refractivity contribution in [1.29, 1.82) is 0 Å². The number of hydrogen-bond acceptors (Lipinski definition) is 4. The highest BCUT2D eigenvalue weighted by molar-refractivity contribution is 5.70. The number of aldehydes is 1. The van der Waals surface area contributed by atoms with Crippen molar-refractivity contribution in [2.45, 2.75) is 13.5 Å². The number of pyridine rings is 1. The van der Waals surface area contributed by atoms with Crippen LogP contribution in [0.25, 0.3) is 0 Å². The molecular weight excluding hydrogens is 192 g/mol. The third-order valence-corrected chi connectivity index (χ3v) is 1.95. The highest BCUT2D eigenvalue weighted by Crippen LogP contribution is 2.03. The summed E-state index contributed by atoms with van der Waals surface area (Å²) < 4.78 is 1.61. The fourth-order valence-electron chi connectivity index (χ4n) is 1.34. The maximum Gasteiger partial charge on any atom is 0.171 e. The molecular formula is C10H10N4O. The van der Waals surface area contributed by atoms with Crippen molar-refractivity contribution in [1.82, 2.24) is 20.0 Å². The fraction of sp³-hybridized carbons (Fsp3) is 0.200. The van der Waals surface area contributed by atoms with Crippen LogP contribution < -0.4 is 0 Å². The third kappa shape index (κ3) is 2.25.